The van der Waals surface area contributed by atoms with E-state index in [-0.39, 0.29) is 30.9 Å². The number of benzene rings is 1. The molecule has 7 nitrogen and oxygen atoms in total. The molecule has 2 heterocycles. The van der Waals surface area contributed by atoms with Gasteiger partial charge in [0, 0.05) is 11.4 Å². The van der Waals surface area contributed by atoms with Crippen molar-refractivity contribution in [3.05, 3.63) is 41.3 Å². The zero-order valence-corrected chi connectivity index (χ0v) is 17.2. The Kier molecular flexibility index (Phi) is 7.00. The van der Waals surface area contributed by atoms with Crippen LogP contribution in [0.5, 0.6) is 0 Å². The van der Waals surface area contributed by atoms with Gasteiger partial charge in [-0.1, -0.05) is 30.3 Å². The zero-order chi connectivity index (χ0) is 20.8. The van der Waals surface area contributed by atoms with Crippen LogP contribution in [-0.2, 0) is 14.3 Å². The van der Waals surface area contributed by atoms with Gasteiger partial charge in [-0.05, 0) is 37.9 Å². The van der Waals surface area contributed by atoms with Crippen LogP contribution in [0.4, 0.5) is 5.69 Å². The Morgan fingerprint density at radius 1 is 1.28 bits per heavy atom. The first-order valence-corrected chi connectivity index (χ1v) is 10.5. The maximum atomic E-state index is 12.6. The Bertz CT molecular complexity index is 881. The third-order valence-corrected chi connectivity index (χ3v) is 5.96. The average Bonchev–Trinajstić information content (AvgIpc) is 3.12. The Morgan fingerprint density at radius 3 is 2.72 bits per heavy atom. The Morgan fingerprint density at radius 2 is 2.03 bits per heavy atom. The van der Waals surface area contributed by atoms with Gasteiger partial charge >= 0.3 is 5.97 Å². The van der Waals surface area contributed by atoms with Gasteiger partial charge in [0.15, 0.2) is 0 Å². The molecule has 3 N–H and O–H groups in total. The van der Waals surface area contributed by atoms with Gasteiger partial charge < -0.3 is 15.8 Å². The van der Waals surface area contributed by atoms with Gasteiger partial charge in [-0.2, -0.15) is 0 Å². The Balaban J connectivity index is 1.74. The van der Waals surface area contributed by atoms with E-state index in [9.17, 15) is 14.4 Å². The third-order valence-electron chi connectivity index (χ3n) is 4.80. The number of nitrogens with two attached hydrogens (primary N) is 1. The van der Waals surface area contributed by atoms with Crippen molar-refractivity contribution in [2.45, 2.75) is 19.8 Å². The molecule has 1 aliphatic rings. The monoisotopic (exact) mass is 415 g/mol. The van der Waals surface area contributed by atoms with Crippen molar-refractivity contribution in [2.75, 3.05) is 31.6 Å². The highest BCUT2D eigenvalue weighted by molar-refractivity contribution is 7.18. The Labute approximate surface area is 173 Å². The first kappa shape index (κ1) is 21.0. The van der Waals surface area contributed by atoms with Gasteiger partial charge in [-0.3, -0.25) is 14.5 Å². The number of nitrogens with zero attached hydrogens (tertiary/aromatic N) is 1. The number of piperidine rings is 1. The standard InChI is InChI=1S/C21H25N3O4S/c1-2-28-21(27)19-16(11-17(29-19)14-7-4-3-5-8-14)23-18(25)13-24-10-6-9-15(12-24)20(22)26/h3-5,7-8,11,15H,2,6,9-10,12-13H2,1H3,(H2,22,26)(H,23,25)/t15-/m0/s1. The van der Waals surface area contributed by atoms with E-state index >= 15 is 0 Å². The maximum Gasteiger partial charge on any atom is 0.350 e. The molecule has 29 heavy (non-hydrogen) atoms. The topological polar surface area (TPSA) is 102 Å². The number of anilines is 1. The highest BCUT2D eigenvalue weighted by Crippen LogP contribution is 2.35. The van der Waals surface area contributed by atoms with Crippen LogP contribution in [0.3, 0.4) is 0 Å². The number of primary amides is 1. The number of rotatable bonds is 7. The lowest BCUT2D eigenvalue weighted by Gasteiger charge is -2.30. The first-order chi connectivity index (χ1) is 14.0. The number of thiophene rings is 1. The number of hydrogen-bond acceptors (Lipinski definition) is 6. The van der Waals surface area contributed by atoms with Crippen molar-refractivity contribution in [1.29, 1.82) is 0 Å². The number of esters is 1. The molecular weight excluding hydrogens is 390 g/mol. The SMILES string of the molecule is CCOC(=O)c1sc(-c2ccccc2)cc1NC(=O)CN1CCC[C@H](C(N)=O)C1. The quantitative estimate of drug-likeness (QED) is 0.677. The van der Waals surface area contributed by atoms with Crippen molar-refractivity contribution in [3.63, 3.8) is 0 Å². The van der Waals surface area contributed by atoms with Gasteiger partial charge in [0.25, 0.3) is 0 Å². The van der Waals surface area contributed by atoms with Gasteiger partial charge in [0.2, 0.25) is 11.8 Å². The molecule has 2 amide bonds. The fourth-order valence-corrected chi connectivity index (χ4v) is 4.41. The van der Waals surface area contributed by atoms with Crippen LogP contribution in [0, 0.1) is 5.92 Å². The van der Waals surface area contributed by atoms with Crippen LogP contribution in [0.1, 0.15) is 29.4 Å². The van der Waals surface area contributed by atoms with Crippen LogP contribution in [0.15, 0.2) is 36.4 Å². The van der Waals surface area contributed by atoms with Crippen molar-refractivity contribution in [2.24, 2.45) is 11.7 Å². The summed E-state index contributed by atoms with van der Waals surface area (Å²) in [5.74, 6) is -1.25. The molecular formula is C21H25N3O4S. The van der Waals surface area contributed by atoms with Gasteiger partial charge in [0.1, 0.15) is 4.88 Å². The highest BCUT2D eigenvalue weighted by atomic mass is 32.1. The summed E-state index contributed by atoms with van der Waals surface area (Å²) >= 11 is 1.29. The van der Waals surface area contributed by atoms with Crippen LogP contribution >= 0.6 is 11.3 Å². The van der Waals surface area contributed by atoms with E-state index in [1.807, 2.05) is 35.2 Å². The summed E-state index contributed by atoms with van der Waals surface area (Å²) in [6.45, 7) is 3.36. The Hall–Kier alpha value is -2.71. The molecule has 2 aromatic rings. The largest absolute Gasteiger partial charge is 0.462 e. The van der Waals surface area contributed by atoms with Gasteiger partial charge in [-0.25, -0.2) is 4.79 Å². The molecule has 1 aromatic heterocycles. The molecule has 154 valence electrons. The first-order valence-electron chi connectivity index (χ1n) is 9.65. The summed E-state index contributed by atoms with van der Waals surface area (Å²) in [6, 6.07) is 11.5. The van der Waals surface area contributed by atoms with Crippen LogP contribution < -0.4 is 11.1 Å². The molecule has 3 rings (SSSR count). The average molecular weight is 416 g/mol. The van der Waals surface area contributed by atoms with E-state index in [4.69, 9.17) is 10.5 Å². The lowest BCUT2D eigenvalue weighted by atomic mass is 9.97. The highest BCUT2D eigenvalue weighted by Gasteiger charge is 2.26. The zero-order valence-electron chi connectivity index (χ0n) is 16.3. The van der Waals surface area contributed by atoms with Crippen LogP contribution in [-0.4, -0.2) is 48.9 Å². The molecule has 1 saturated heterocycles. The van der Waals surface area contributed by atoms with E-state index in [1.54, 1.807) is 13.0 Å². The minimum absolute atomic E-state index is 0.141. The minimum atomic E-state index is -0.457. The summed E-state index contributed by atoms with van der Waals surface area (Å²) in [5, 5.41) is 2.84. The molecule has 1 aliphatic heterocycles. The summed E-state index contributed by atoms with van der Waals surface area (Å²) in [4.78, 5) is 39.6. The number of amides is 2. The van der Waals surface area contributed by atoms with E-state index in [0.29, 0.717) is 17.1 Å². The second-order valence-corrected chi connectivity index (χ2v) is 8.02. The predicted octanol–water partition coefficient (Wildman–Crippen LogP) is 2.73. The maximum absolute atomic E-state index is 12.6. The van der Waals surface area contributed by atoms with Crippen molar-refractivity contribution >= 4 is 34.8 Å². The molecule has 1 fully saturated rings. The van der Waals surface area contributed by atoms with Crippen molar-refractivity contribution < 1.29 is 19.1 Å². The number of nitrogens with one attached hydrogen (secondary N) is 1. The lowest BCUT2D eigenvalue weighted by Crippen LogP contribution is -2.44. The summed E-state index contributed by atoms with van der Waals surface area (Å²) in [7, 11) is 0. The molecule has 0 bridgehead atoms. The van der Waals surface area contributed by atoms with E-state index in [1.165, 1.54) is 11.3 Å². The molecule has 0 radical (unpaired) electrons. The van der Waals surface area contributed by atoms with Crippen LogP contribution in [0.2, 0.25) is 0 Å². The van der Waals surface area contributed by atoms with E-state index < -0.39 is 5.97 Å². The molecule has 8 heteroatoms. The fraction of sp³-hybridized carbons (Fsp3) is 0.381. The van der Waals surface area contributed by atoms with Gasteiger partial charge in [0.05, 0.1) is 24.8 Å². The summed E-state index contributed by atoms with van der Waals surface area (Å²) in [6.07, 6.45) is 1.58. The van der Waals surface area contributed by atoms with E-state index in [2.05, 4.69) is 5.32 Å². The molecule has 0 saturated carbocycles. The fourth-order valence-electron chi connectivity index (χ4n) is 3.40. The predicted molar refractivity (Wildman–Crippen MR) is 113 cm³/mol. The smallest absolute Gasteiger partial charge is 0.350 e. The van der Waals surface area contributed by atoms with E-state index in [0.717, 1.165) is 29.8 Å². The number of carbonyl (C=O) groups excluding carboxylic acids is 3. The van der Waals surface area contributed by atoms with Crippen molar-refractivity contribution in [3.8, 4) is 10.4 Å². The molecule has 1 aromatic carbocycles. The second kappa shape index (κ2) is 9.67. The lowest BCUT2D eigenvalue weighted by molar-refractivity contribution is -0.125. The third kappa shape index (κ3) is 5.42. The number of ether oxygens (including phenoxy) is 1. The second-order valence-electron chi connectivity index (χ2n) is 6.96. The minimum Gasteiger partial charge on any atom is -0.462 e. The molecule has 0 unspecified atom stereocenters. The summed E-state index contributed by atoms with van der Waals surface area (Å²) < 4.78 is 5.15. The molecule has 0 spiro atoms. The van der Waals surface area contributed by atoms with Crippen molar-refractivity contribution in [1.82, 2.24) is 4.90 Å². The normalized spacial score (nSPS) is 16.9. The number of likely N-dealkylation sites (tertiary alicyclic amines) is 1. The number of carbonyl (C=O) groups is 3. The van der Waals surface area contributed by atoms with Crippen LogP contribution in [0.25, 0.3) is 10.4 Å². The number of hydrogen-bond donors (Lipinski definition) is 2. The summed E-state index contributed by atoms with van der Waals surface area (Å²) in [5.41, 5.74) is 6.81. The molecule has 1 atom stereocenters. The molecule has 0 aliphatic carbocycles. The van der Waals surface area contributed by atoms with Gasteiger partial charge in [-0.15, -0.1) is 11.3 Å².